The minimum absolute atomic E-state index is 0.0915. The Morgan fingerprint density at radius 1 is 1.12 bits per heavy atom. The SMILES string of the molecule is N#C/C(=C\c1c(Cl)cccc1Cl)C(=O)Nc1cccc(C(F)(F)F)c1. The Labute approximate surface area is 151 Å². The van der Waals surface area contributed by atoms with Gasteiger partial charge < -0.3 is 5.32 Å². The predicted octanol–water partition coefficient (Wildman–Crippen LogP) is 5.56. The Kier molecular flexibility index (Phi) is 5.73. The molecule has 0 atom stereocenters. The molecular formula is C17H9Cl2F3N2O. The molecule has 0 aliphatic heterocycles. The first-order valence-electron chi connectivity index (χ1n) is 6.77. The molecule has 2 aromatic carbocycles. The van der Waals surface area contributed by atoms with Gasteiger partial charge in [0.15, 0.2) is 0 Å². The summed E-state index contributed by atoms with van der Waals surface area (Å²) in [6.45, 7) is 0. The number of halogens is 5. The van der Waals surface area contributed by atoms with E-state index in [0.29, 0.717) is 0 Å². The molecule has 0 spiro atoms. The molecule has 0 fully saturated rings. The summed E-state index contributed by atoms with van der Waals surface area (Å²) in [5, 5.41) is 11.9. The summed E-state index contributed by atoms with van der Waals surface area (Å²) >= 11 is 11.9. The number of hydrogen-bond acceptors (Lipinski definition) is 2. The predicted molar refractivity (Wildman–Crippen MR) is 90.1 cm³/mol. The summed E-state index contributed by atoms with van der Waals surface area (Å²) in [5.74, 6) is -0.877. The third-order valence-corrected chi connectivity index (χ3v) is 3.76. The number of nitriles is 1. The molecule has 8 heteroatoms. The average Bonchev–Trinajstić information content (AvgIpc) is 2.54. The van der Waals surface area contributed by atoms with Gasteiger partial charge in [0, 0.05) is 21.3 Å². The number of nitrogens with zero attached hydrogens (tertiary/aromatic N) is 1. The molecule has 0 radical (unpaired) electrons. The molecule has 0 unspecified atom stereocenters. The first-order chi connectivity index (χ1) is 11.7. The van der Waals surface area contributed by atoms with Crippen LogP contribution in [-0.2, 0) is 11.0 Å². The molecule has 1 amide bonds. The second-order valence-electron chi connectivity index (χ2n) is 4.84. The van der Waals surface area contributed by atoms with E-state index in [1.165, 1.54) is 24.3 Å². The van der Waals surface area contributed by atoms with Crippen LogP contribution in [0.25, 0.3) is 6.08 Å². The first-order valence-corrected chi connectivity index (χ1v) is 7.52. The van der Waals surface area contributed by atoms with E-state index < -0.39 is 17.6 Å². The summed E-state index contributed by atoms with van der Waals surface area (Å²) in [5.41, 5.74) is -1.10. The summed E-state index contributed by atoms with van der Waals surface area (Å²) in [4.78, 5) is 12.2. The van der Waals surface area contributed by atoms with Gasteiger partial charge in [-0.15, -0.1) is 0 Å². The number of rotatable bonds is 3. The second kappa shape index (κ2) is 7.60. The highest BCUT2D eigenvalue weighted by Crippen LogP contribution is 2.31. The molecule has 0 heterocycles. The van der Waals surface area contributed by atoms with Crippen LogP contribution in [0.15, 0.2) is 48.0 Å². The van der Waals surface area contributed by atoms with E-state index in [4.69, 9.17) is 28.5 Å². The van der Waals surface area contributed by atoms with Gasteiger partial charge in [-0.25, -0.2) is 0 Å². The molecule has 2 rings (SSSR count). The Morgan fingerprint density at radius 3 is 2.28 bits per heavy atom. The number of amides is 1. The van der Waals surface area contributed by atoms with Crippen molar-refractivity contribution in [2.75, 3.05) is 5.32 Å². The first kappa shape index (κ1) is 18.8. The number of benzene rings is 2. The van der Waals surface area contributed by atoms with Gasteiger partial charge in [-0.3, -0.25) is 4.79 Å². The Morgan fingerprint density at radius 2 is 1.72 bits per heavy atom. The number of hydrogen-bond donors (Lipinski definition) is 1. The molecule has 0 aliphatic carbocycles. The molecular weight excluding hydrogens is 376 g/mol. The molecule has 25 heavy (non-hydrogen) atoms. The lowest BCUT2D eigenvalue weighted by atomic mass is 10.1. The van der Waals surface area contributed by atoms with E-state index in [2.05, 4.69) is 5.32 Å². The van der Waals surface area contributed by atoms with Crippen molar-refractivity contribution < 1.29 is 18.0 Å². The van der Waals surface area contributed by atoms with Gasteiger partial charge in [0.2, 0.25) is 0 Å². The smallest absolute Gasteiger partial charge is 0.321 e. The van der Waals surface area contributed by atoms with Crippen molar-refractivity contribution in [3.05, 3.63) is 69.2 Å². The zero-order valence-electron chi connectivity index (χ0n) is 12.4. The van der Waals surface area contributed by atoms with Crippen molar-refractivity contribution in [2.24, 2.45) is 0 Å². The Balaban J connectivity index is 2.30. The molecule has 0 saturated carbocycles. The molecule has 0 saturated heterocycles. The van der Waals surface area contributed by atoms with E-state index in [1.54, 1.807) is 12.1 Å². The number of nitrogens with one attached hydrogen (secondary N) is 1. The minimum atomic E-state index is -4.54. The molecule has 0 aliphatic rings. The van der Waals surface area contributed by atoms with Crippen molar-refractivity contribution in [3.8, 4) is 6.07 Å². The number of alkyl halides is 3. The Bertz CT molecular complexity index is 866. The highest BCUT2D eigenvalue weighted by Gasteiger charge is 2.30. The van der Waals surface area contributed by atoms with Crippen molar-refractivity contribution in [1.29, 1.82) is 5.26 Å². The van der Waals surface area contributed by atoms with Crippen LogP contribution in [0.2, 0.25) is 10.0 Å². The second-order valence-corrected chi connectivity index (χ2v) is 5.65. The quantitative estimate of drug-likeness (QED) is 0.556. The lowest BCUT2D eigenvalue weighted by molar-refractivity contribution is -0.137. The molecule has 3 nitrogen and oxygen atoms in total. The van der Waals surface area contributed by atoms with Crippen LogP contribution in [-0.4, -0.2) is 5.91 Å². The van der Waals surface area contributed by atoms with Crippen LogP contribution in [0, 0.1) is 11.3 Å². The zero-order valence-corrected chi connectivity index (χ0v) is 13.9. The number of anilines is 1. The normalized spacial score (nSPS) is 11.8. The van der Waals surface area contributed by atoms with Gasteiger partial charge in [-0.2, -0.15) is 18.4 Å². The summed E-state index contributed by atoms with van der Waals surface area (Å²) in [7, 11) is 0. The highest BCUT2D eigenvalue weighted by molar-refractivity contribution is 6.37. The molecule has 2 aromatic rings. The van der Waals surface area contributed by atoms with Crippen LogP contribution in [0.3, 0.4) is 0 Å². The van der Waals surface area contributed by atoms with E-state index in [0.717, 1.165) is 18.2 Å². The summed E-state index contributed by atoms with van der Waals surface area (Å²) in [6.07, 6.45) is -3.37. The van der Waals surface area contributed by atoms with Crippen LogP contribution in [0.4, 0.5) is 18.9 Å². The van der Waals surface area contributed by atoms with E-state index in [-0.39, 0.29) is 26.9 Å². The van der Waals surface area contributed by atoms with Gasteiger partial charge in [0.1, 0.15) is 11.6 Å². The Hall–Kier alpha value is -2.49. The van der Waals surface area contributed by atoms with Gasteiger partial charge >= 0.3 is 6.18 Å². The lowest BCUT2D eigenvalue weighted by Gasteiger charge is -2.09. The maximum Gasteiger partial charge on any atom is 0.416 e. The van der Waals surface area contributed by atoms with Crippen LogP contribution in [0.5, 0.6) is 0 Å². The third-order valence-electron chi connectivity index (χ3n) is 3.10. The average molecular weight is 385 g/mol. The monoisotopic (exact) mass is 384 g/mol. The maximum absolute atomic E-state index is 12.7. The van der Waals surface area contributed by atoms with Crippen molar-refractivity contribution in [2.45, 2.75) is 6.18 Å². The van der Waals surface area contributed by atoms with Gasteiger partial charge in [0.25, 0.3) is 5.91 Å². The van der Waals surface area contributed by atoms with Crippen LogP contribution >= 0.6 is 23.2 Å². The largest absolute Gasteiger partial charge is 0.416 e. The van der Waals surface area contributed by atoms with Crippen molar-refractivity contribution in [3.63, 3.8) is 0 Å². The molecule has 0 aromatic heterocycles. The van der Waals surface area contributed by atoms with Gasteiger partial charge in [-0.05, 0) is 36.4 Å². The number of carbonyl (C=O) groups is 1. The van der Waals surface area contributed by atoms with Crippen LogP contribution < -0.4 is 5.32 Å². The van der Waals surface area contributed by atoms with E-state index in [9.17, 15) is 18.0 Å². The fourth-order valence-corrected chi connectivity index (χ4v) is 2.42. The third kappa shape index (κ3) is 4.75. The zero-order chi connectivity index (χ0) is 18.6. The fourth-order valence-electron chi connectivity index (χ4n) is 1.91. The van der Waals surface area contributed by atoms with E-state index in [1.807, 2.05) is 0 Å². The van der Waals surface area contributed by atoms with Gasteiger partial charge in [0.05, 0.1) is 5.56 Å². The summed E-state index contributed by atoms with van der Waals surface area (Å²) < 4.78 is 38.1. The topological polar surface area (TPSA) is 52.9 Å². The van der Waals surface area contributed by atoms with Crippen LogP contribution in [0.1, 0.15) is 11.1 Å². The highest BCUT2D eigenvalue weighted by atomic mass is 35.5. The van der Waals surface area contributed by atoms with E-state index >= 15 is 0 Å². The maximum atomic E-state index is 12.7. The van der Waals surface area contributed by atoms with Crippen molar-refractivity contribution in [1.82, 2.24) is 0 Å². The van der Waals surface area contributed by atoms with Crippen molar-refractivity contribution >= 4 is 40.9 Å². The fraction of sp³-hybridized carbons (Fsp3) is 0.0588. The lowest BCUT2D eigenvalue weighted by Crippen LogP contribution is -2.14. The summed E-state index contributed by atoms with van der Waals surface area (Å²) in [6, 6.07) is 10.4. The minimum Gasteiger partial charge on any atom is -0.321 e. The molecule has 0 bridgehead atoms. The number of carbonyl (C=O) groups excluding carboxylic acids is 1. The van der Waals surface area contributed by atoms with Gasteiger partial charge in [-0.1, -0.05) is 35.3 Å². The standard InChI is InChI=1S/C17H9Cl2F3N2O/c18-14-5-2-6-15(19)13(14)7-10(9-23)16(25)24-12-4-1-3-11(8-12)17(20,21)22/h1-8H,(H,24,25)/b10-7+. The molecule has 128 valence electrons. The molecule has 1 N–H and O–H groups in total.